The number of nitrogens with one attached hydrogen (secondary N) is 3. The first-order chi connectivity index (χ1) is 12.6. The lowest BCUT2D eigenvalue weighted by Crippen LogP contribution is -2.33. The first-order valence-corrected chi connectivity index (χ1v) is 8.64. The molecule has 2 amide bonds. The second-order valence-corrected chi connectivity index (χ2v) is 5.84. The molecule has 0 aliphatic rings. The number of methoxy groups -OCH3 is 1. The molecule has 0 fully saturated rings. The summed E-state index contributed by atoms with van der Waals surface area (Å²) < 4.78 is 5.09. The fourth-order valence-electron chi connectivity index (χ4n) is 2.35. The third-order valence-electron chi connectivity index (χ3n) is 3.72. The van der Waals surface area contributed by atoms with Crippen molar-refractivity contribution in [2.75, 3.05) is 25.5 Å². The predicted molar refractivity (Wildman–Crippen MR) is 102 cm³/mol. The molecule has 2 aromatic rings. The quantitative estimate of drug-likeness (QED) is 0.646. The topological polar surface area (TPSA) is 79.5 Å². The minimum Gasteiger partial charge on any atom is -0.497 e. The number of anilines is 1. The van der Waals surface area contributed by atoms with Crippen LogP contribution in [0.1, 0.15) is 29.3 Å². The number of carbonyl (C=O) groups excluding carboxylic acids is 2. The van der Waals surface area contributed by atoms with Crippen LogP contribution < -0.4 is 20.7 Å². The molecule has 0 saturated heterocycles. The van der Waals surface area contributed by atoms with E-state index in [0.29, 0.717) is 30.1 Å². The Hall–Kier alpha value is -2.86. The summed E-state index contributed by atoms with van der Waals surface area (Å²) in [5.41, 5.74) is 2.25. The summed E-state index contributed by atoms with van der Waals surface area (Å²) in [4.78, 5) is 23.9. The van der Waals surface area contributed by atoms with Crippen LogP contribution in [0.3, 0.4) is 0 Å². The van der Waals surface area contributed by atoms with Gasteiger partial charge in [0.25, 0.3) is 5.91 Å². The Morgan fingerprint density at radius 2 is 1.85 bits per heavy atom. The maximum absolute atomic E-state index is 12.3. The number of ether oxygens (including phenoxy) is 1. The number of hydrogen-bond donors (Lipinski definition) is 3. The molecule has 0 aliphatic carbocycles. The van der Waals surface area contributed by atoms with Crippen LogP contribution in [0.4, 0.5) is 5.69 Å². The number of benzene rings is 2. The summed E-state index contributed by atoms with van der Waals surface area (Å²) in [5, 5.41) is 8.79. The summed E-state index contributed by atoms with van der Waals surface area (Å²) in [5.74, 6) is 0.505. The Kier molecular flexibility index (Phi) is 7.64. The van der Waals surface area contributed by atoms with E-state index in [0.717, 1.165) is 12.0 Å². The Morgan fingerprint density at radius 1 is 1.08 bits per heavy atom. The molecule has 0 bridgehead atoms. The summed E-state index contributed by atoms with van der Waals surface area (Å²) in [6, 6.07) is 14.5. The lowest BCUT2D eigenvalue weighted by atomic mass is 10.1. The molecule has 6 nitrogen and oxygen atoms in total. The van der Waals surface area contributed by atoms with Gasteiger partial charge in [0, 0.05) is 24.3 Å². The van der Waals surface area contributed by atoms with E-state index < -0.39 is 0 Å². The lowest BCUT2D eigenvalue weighted by molar-refractivity contribution is -0.120. The molecule has 6 heteroatoms. The zero-order valence-electron chi connectivity index (χ0n) is 15.2. The first kappa shape index (κ1) is 19.5. The SMILES string of the molecule is CCCNC(=O)CNCc1cccc(NC(=O)c2ccc(OC)cc2)c1. The minimum absolute atomic E-state index is 0.0178. The number of amides is 2. The van der Waals surface area contributed by atoms with Crippen molar-refractivity contribution in [2.24, 2.45) is 0 Å². The number of rotatable bonds is 9. The van der Waals surface area contributed by atoms with E-state index in [1.807, 2.05) is 31.2 Å². The lowest BCUT2D eigenvalue weighted by Gasteiger charge is -2.09. The van der Waals surface area contributed by atoms with E-state index in [9.17, 15) is 9.59 Å². The van der Waals surface area contributed by atoms with Gasteiger partial charge >= 0.3 is 0 Å². The third-order valence-corrected chi connectivity index (χ3v) is 3.72. The molecule has 0 unspecified atom stereocenters. The standard InChI is InChI=1S/C20H25N3O3/c1-3-11-22-19(24)14-21-13-15-5-4-6-17(12-15)23-20(25)16-7-9-18(26-2)10-8-16/h4-10,12,21H,3,11,13-14H2,1-2H3,(H,22,24)(H,23,25). The molecule has 2 aromatic carbocycles. The normalized spacial score (nSPS) is 10.2. The van der Waals surface area contributed by atoms with E-state index in [4.69, 9.17) is 4.74 Å². The maximum Gasteiger partial charge on any atom is 0.255 e. The molecule has 138 valence electrons. The van der Waals surface area contributed by atoms with Crippen molar-refractivity contribution in [3.8, 4) is 5.75 Å². The zero-order valence-corrected chi connectivity index (χ0v) is 15.2. The molecule has 0 atom stereocenters. The van der Waals surface area contributed by atoms with Crippen molar-refractivity contribution in [1.82, 2.24) is 10.6 Å². The van der Waals surface area contributed by atoms with Crippen molar-refractivity contribution < 1.29 is 14.3 Å². The van der Waals surface area contributed by atoms with Crippen molar-refractivity contribution in [1.29, 1.82) is 0 Å². The van der Waals surface area contributed by atoms with E-state index in [1.165, 1.54) is 0 Å². The average molecular weight is 355 g/mol. The largest absolute Gasteiger partial charge is 0.497 e. The van der Waals surface area contributed by atoms with Crippen LogP contribution in [-0.2, 0) is 11.3 Å². The Labute approximate surface area is 153 Å². The van der Waals surface area contributed by atoms with Gasteiger partial charge < -0.3 is 20.7 Å². The Bertz CT molecular complexity index is 729. The van der Waals surface area contributed by atoms with Gasteiger partial charge in [0.2, 0.25) is 5.91 Å². The van der Waals surface area contributed by atoms with Gasteiger partial charge in [-0.1, -0.05) is 19.1 Å². The fraction of sp³-hybridized carbons (Fsp3) is 0.300. The monoisotopic (exact) mass is 355 g/mol. The number of hydrogen-bond acceptors (Lipinski definition) is 4. The van der Waals surface area contributed by atoms with Gasteiger partial charge in [-0.25, -0.2) is 0 Å². The molecule has 0 heterocycles. The Balaban J connectivity index is 1.87. The molecular weight excluding hydrogens is 330 g/mol. The van der Waals surface area contributed by atoms with Gasteiger partial charge in [-0.15, -0.1) is 0 Å². The molecule has 0 aromatic heterocycles. The van der Waals surface area contributed by atoms with Crippen LogP contribution in [0, 0.1) is 0 Å². The summed E-state index contributed by atoms with van der Waals surface area (Å²) in [6.07, 6.45) is 0.918. The number of carbonyl (C=O) groups is 2. The average Bonchev–Trinajstić information content (AvgIpc) is 2.66. The maximum atomic E-state index is 12.3. The van der Waals surface area contributed by atoms with Crippen molar-refractivity contribution in [2.45, 2.75) is 19.9 Å². The third kappa shape index (κ3) is 6.22. The molecule has 0 spiro atoms. The molecule has 26 heavy (non-hydrogen) atoms. The molecule has 0 radical (unpaired) electrons. The van der Waals surface area contributed by atoms with Crippen LogP contribution in [0.2, 0.25) is 0 Å². The molecule has 2 rings (SSSR count). The van der Waals surface area contributed by atoms with Gasteiger partial charge in [-0.05, 0) is 48.4 Å². The molecular formula is C20H25N3O3. The first-order valence-electron chi connectivity index (χ1n) is 8.64. The fourth-order valence-corrected chi connectivity index (χ4v) is 2.35. The van der Waals surface area contributed by atoms with Crippen molar-refractivity contribution in [3.05, 3.63) is 59.7 Å². The van der Waals surface area contributed by atoms with Crippen LogP contribution in [0.25, 0.3) is 0 Å². The van der Waals surface area contributed by atoms with E-state index in [1.54, 1.807) is 31.4 Å². The summed E-state index contributed by atoms with van der Waals surface area (Å²) in [6.45, 7) is 3.51. The Morgan fingerprint density at radius 3 is 2.54 bits per heavy atom. The highest BCUT2D eigenvalue weighted by Crippen LogP contribution is 2.15. The van der Waals surface area contributed by atoms with Crippen LogP contribution in [0.15, 0.2) is 48.5 Å². The van der Waals surface area contributed by atoms with Gasteiger partial charge in [0.15, 0.2) is 0 Å². The smallest absolute Gasteiger partial charge is 0.255 e. The van der Waals surface area contributed by atoms with Crippen molar-refractivity contribution in [3.63, 3.8) is 0 Å². The second-order valence-electron chi connectivity index (χ2n) is 5.84. The summed E-state index contributed by atoms with van der Waals surface area (Å²) in [7, 11) is 1.59. The molecule has 0 aliphatic heterocycles. The van der Waals surface area contributed by atoms with Gasteiger partial charge in [-0.3, -0.25) is 9.59 Å². The molecule has 0 saturated carbocycles. The highest BCUT2D eigenvalue weighted by Gasteiger charge is 2.07. The van der Waals surface area contributed by atoms with E-state index in [2.05, 4.69) is 16.0 Å². The molecule has 3 N–H and O–H groups in total. The van der Waals surface area contributed by atoms with Gasteiger partial charge in [0.05, 0.1) is 13.7 Å². The van der Waals surface area contributed by atoms with Crippen LogP contribution in [0.5, 0.6) is 5.75 Å². The highest BCUT2D eigenvalue weighted by molar-refractivity contribution is 6.04. The van der Waals surface area contributed by atoms with Crippen LogP contribution >= 0.6 is 0 Å². The zero-order chi connectivity index (χ0) is 18.8. The predicted octanol–water partition coefficient (Wildman–Crippen LogP) is 2.56. The van der Waals surface area contributed by atoms with Crippen molar-refractivity contribution >= 4 is 17.5 Å². The van der Waals surface area contributed by atoms with E-state index in [-0.39, 0.29) is 18.4 Å². The minimum atomic E-state index is -0.184. The van der Waals surface area contributed by atoms with Gasteiger partial charge in [0.1, 0.15) is 5.75 Å². The van der Waals surface area contributed by atoms with Gasteiger partial charge in [-0.2, -0.15) is 0 Å². The summed E-state index contributed by atoms with van der Waals surface area (Å²) >= 11 is 0. The highest BCUT2D eigenvalue weighted by atomic mass is 16.5. The van der Waals surface area contributed by atoms with Crippen LogP contribution in [-0.4, -0.2) is 32.0 Å². The van der Waals surface area contributed by atoms with E-state index >= 15 is 0 Å². The second kappa shape index (κ2) is 10.2.